The molecule has 3 N–H and O–H groups in total. The number of sulfone groups is 1. The summed E-state index contributed by atoms with van der Waals surface area (Å²) in [7, 11) is -3.12. The lowest BCUT2D eigenvalue weighted by atomic mass is 10.4. The van der Waals surface area contributed by atoms with E-state index >= 15 is 0 Å². The standard InChI is InChI=1S/C7H15N3O3S2/c1-15(12,13)7-5-14-3-2-10(7)4-6(8)9-11/h7,11H,2-5H2,1H3,(H2,8,9). The molecule has 1 unspecified atom stereocenters. The Morgan fingerprint density at radius 2 is 2.40 bits per heavy atom. The molecule has 1 aliphatic heterocycles. The van der Waals surface area contributed by atoms with E-state index in [1.165, 1.54) is 6.26 Å². The fraction of sp³-hybridized carbons (Fsp3) is 0.857. The van der Waals surface area contributed by atoms with Gasteiger partial charge in [0.25, 0.3) is 0 Å². The van der Waals surface area contributed by atoms with Crippen molar-refractivity contribution in [2.45, 2.75) is 5.37 Å². The number of nitrogens with zero attached hydrogens (tertiary/aromatic N) is 2. The third-order valence-corrected chi connectivity index (χ3v) is 4.87. The Balaban J connectivity index is 2.75. The molecule has 88 valence electrons. The fourth-order valence-electron chi connectivity index (χ4n) is 1.43. The SMILES string of the molecule is CS(=O)(=O)C1CSCCN1CC(N)=NO. The smallest absolute Gasteiger partial charge is 0.164 e. The van der Waals surface area contributed by atoms with Crippen LogP contribution in [0.5, 0.6) is 0 Å². The second-order valence-electron chi connectivity index (χ2n) is 3.42. The van der Waals surface area contributed by atoms with E-state index in [0.29, 0.717) is 12.3 Å². The van der Waals surface area contributed by atoms with Gasteiger partial charge in [0, 0.05) is 24.3 Å². The van der Waals surface area contributed by atoms with Crippen molar-refractivity contribution in [3.05, 3.63) is 0 Å². The zero-order valence-electron chi connectivity index (χ0n) is 8.46. The van der Waals surface area contributed by atoms with Crippen LogP contribution in [0.4, 0.5) is 0 Å². The predicted octanol–water partition coefficient (Wildman–Crippen LogP) is -0.848. The maximum atomic E-state index is 11.5. The van der Waals surface area contributed by atoms with Crippen LogP contribution in [0, 0.1) is 0 Å². The zero-order valence-corrected chi connectivity index (χ0v) is 10.1. The van der Waals surface area contributed by atoms with Crippen LogP contribution < -0.4 is 5.73 Å². The summed E-state index contributed by atoms with van der Waals surface area (Å²) < 4.78 is 22.9. The van der Waals surface area contributed by atoms with Crippen LogP contribution in [-0.4, -0.2) is 60.6 Å². The molecule has 15 heavy (non-hydrogen) atoms. The first kappa shape index (κ1) is 12.6. The van der Waals surface area contributed by atoms with Crippen LogP contribution in [0.25, 0.3) is 0 Å². The van der Waals surface area contributed by atoms with Crippen LogP contribution in [0.3, 0.4) is 0 Å². The van der Waals surface area contributed by atoms with Gasteiger partial charge in [0.2, 0.25) is 0 Å². The van der Waals surface area contributed by atoms with E-state index in [2.05, 4.69) is 5.16 Å². The van der Waals surface area contributed by atoms with Gasteiger partial charge in [-0.3, -0.25) is 4.90 Å². The minimum Gasteiger partial charge on any atom is -0.409 e. The lowest BCUT2D eigenvalue weighted by Crippen LogP contribution is -2.49. The Morgan fingerprint density at radius 3 is 2.93 bits per heavy atom. The van der Waals surface area contributed by atoms with Gasteiger partial charge in [0.1, 0.15) is 5.37 Å². The third-order valence-electron chi connectivity index (χ3n) is 2.18. The molecule has 1 atom stereocenters. The van der Waals surface area contributed by atoms with Crippen molar-refractivity contribution in [3.8, 4) is 0 Å². The molecule has 0 aromatic heterocycles. The summed E-state index contributed by atoms with van der Waals surface area (Å²) in [5, 5.41) is 10.8. The number of oxime groups is 1. The monoisotopic (exact) mass is 253 g/mol. The van der Waals surface area contributed by atoms with Gasteiger partial charge in [-0.15, -0.1) is 0 Å². The van der Waals surface area contributed by atoms with E-state index < -0.39 is 15.2 Å². The summed E-state index contributed by atoms with van der Waals surface area (Å²) >= 11 is 1.60. The highest BCUT2D eigenvalue weighted by atomic mass is 32.2. The van der Waals surface area contributed by atoms with Gasteiger partial charge in [0.05, 0.1) is 6.54 Å². The molecule has 1 aliphatic rings. The summed E-state index contributed by atoms with van der Waals surface area (Å²) in [4.78, 5) is 1.72. The first-order valence-corrected chi connectivity index (χ1v) is 7.53. The van der Waals surface area contributed by atoms with Gasteiger partial charge >= 0.3 is 0 Å². The number of hydrogen-bond donors (Lipinski definition) is 2. The van der Waals surface area contributed by atoms with Crippen molar-refractivity contribution in [2.75, 3.05) is 30.9 Å². The Labute approximate surface area is 93.4 Å². The summed E-state index contributed by atoms with van der Waals surface area (Å²) in [6.07, 6.45) is 1.21. The highest BCUT2D eigenvalue weighted by molar-refractivity contribution is 8.00. The largest absolute Gasteiger partial charge is 0.409 e. The molecule has 0 aromatic rings. The second-order valence-corrected chi connectivity index (χ2v) is 6.77. The van der Waals surface area contributed by atoms with E-state index in [0.717, 1.165) is 5.75 Å². The molecule has 0 saturated carbocycles. The maximum absolute atomic E-state index is 11.5. The molecule has 0 radical (unpaired) electrons. The molecule has 1 heterocycles. The van der Waals surface area contributed by atoms with Gasteiger partial charge in [-0.1, -0.05) is 5.16 Å². The number of thioether (sulfide) groups is 1. The predicted molar refractivity (Wildman–Crippen MR) is 60.9 cm³/mol. The molecule has 0 bridgehead atoms. The topological polar surface area (TPSA) is 96.0 Å². The van der Waals surface area contributed by atoms with E-state index in [-0.39, 0.29) is 12.4 Å². The highest BCUT2D eigenvalue weighted by Crippen LogP contribution is 2.19. The maximum Gasteiger partial charge on any atom is 0.164 e. The zero-order chi connectivity index (χ0) is 11.5. The van der Waals surface area contributed by atoms with Gasteiger partial charge in [-0.25, -0.2) is 8.42 Å². The van der Waals surface area contributed by atoms with Crippen molar-refractivity contribution in [2.24, 2.45) is 10.9 Å². The highest BCUT2D eigenvalue weighted by Gasteiger charge is 2.31. The molecule has 8 heteroatoms. The van der Waals surface area contributed by atoms with Crippen molar-refractivity contribution >= 4 is 27.4 Å². The lowest BCUT2D eigenvalue weighted by Gasteiger charge is -2.33. The molecule has 1 fully saturated rings. The first-order chi connectivity index (χ1) is 6.95. The lowest BCUT2D eigenvalue weighted by molar-refractivity contribution is 0.289. The van der Waals surface area contributed by atoms with E-state index in [9.17, 15) is 8.42 Å². The Bertz CT molecular complexity index is 341. The fourth-order valence-corrected chi connectivity index (χ4v) is 4.37. The van der Waals surface area contributed by atoms with Gasteiger partial charge in [-0.2, -0.15) is 11.8 Å². The van der Waals surface area contributed by atoms with Crippen molar-refractivity contribution in [3.63, 3.8) is 0 Å². The Hall–Kier alpha value is -0.470. The first-order valence-electron chi connectivity index (χ1n) is 4.42. The Morgan fingerprint density at radius 1 is 1.73 bits per heavy atom. The van der Waals surface area contributed by atoms with Gasteiger partial charge in [0.15, 0.2) is 15.7 Å². The molecule has 0 aromatic carbocycles. The number of nitrogens with two attached hydrogens (primary N) is 1. The van der Waals surface area contributed by atoms with Crippen molar-refractivity contribution in [1.82, 2.24) is 4.90 Å². The average Bonchev–Trinajstić information content (AvgIpc) is 2.17. The number of rotatable bonds is 3. The van der Waals surface area contributed by atoms with Crippen LogP contribution >= 0.6 is 11.8 Å². The molecule has 6 nitrogen and oxygen atoms in total. The molecule has 0 spiro atoms. The minimum atomic E-state index is -3.12. The van der Waals surface area contributed by atoms with E-state index in [1.54, 1.807) is 16.7 Å². The number of amidine groups is 1. The molecule has 1 saturated heterocycles. The molecular formula is C7H15N3O3S2. The summed E-state index contributed by atoms with van der Waals surface area (Å²) in [6, 6.07) is 0. The average molecular weight is 253 g/mol. The molecule has 0 amide bonds. The number of hydrogen-bond acceptors (Lipinski definition) is 6. The molecular weight excluding hydrogens is 238 g/mol. The van der Waals surface area contributed by atoms with Crippen LogP contribution in [-0.2, 0) is 9.84 Å². The molecule has 1 rings (SSSR count). The molecule has 0 aliphatic carbocycles. The summed E-state index contributed by atoms with van der Waals surface area (Å²) in [6.45, 7) is 0.827. The van der Waals surface area contributed by atoms with Crippen molar-refractivity contribution < 1.29 is 13.6 Å². The third kappa shape index (κ3) is 3.54. The summed E-state index contributed by atoms with van der Waals surface area (Å²) in [5.74, 6) is 1.44. The van der Waals surface area contributed by atoms with Crippen molar-refractivity contribution in [1.29, 1.82) is 0 Å². The second kappa shape index (κ2) is 5.04. The van der Waals surface area contributed by atoms with Crippen LogP contribution in [0.1, 0.15) is 0 Å². The van der Waals surface area contributed by atoms with Gasteiger partial charge < -0.3 is 10.9 Å². The Kier molecular flexibility index (Phi) is 4.23. The van der Waals surface area contributed by atoms with Crippen LogP contribution in [0.2, 0.25) is 0 Å². The van der Waals surface area contributed by atoms with E-state index in [1.807, 2.05) is 0 Å². The van der Waals surface area contributed by atoms with E-state index in [4.69, 9.17) is 10.9 Å². The van der Waals surface area contributed by atoms with Crippen LogP contribution in [0.15, 0.2) is 5.16 Å². The summed E-state index contributed by atoms with van der Waals surface area (Å²) in [5.41, 5.74) is 5.37. The quantitative estimate of drug-likeness (QED) is 0.294. The minimum absolute atomic E-state index is 0.0375. The van der Waals surface area contributed by atoms with Gasteiger partial charge in [-0.05, 0) is 0 Å². The normalized spacial score (nSPS) is 25.4.